The molecule has 2 aromatic rings. The van der Waals surface area contributed by atoms with Crippen molar-refractivity contribution in [2.75, 3.05) is 24.5 Å². The molecule has 0 unspecified atom stereocenters. The monoisotopic (exact) mass is 308 g/mol. The van der Waals surface area contributed by atoms with Gasteiger partial charge < -0.3 is 4.90 Å². The van der Waals surface area contributed by atoms with Crippen molar-refractivity contribution < 1.29 is 4.79 Å². The third-order valence-corrected chi connectivity index (χ3v) is 5.09. The van der Waals surface area contributed by atoms with Crippen molar-refractivity contribution in [2.45, 2.75) is 19.4 Å². The van der Waals surface area contributed by atoms with E-state index in [4.69, 9.17) is 0 Å². The van der Waals surface area contributed by atoms with E-state index in [0.717, 1.165) is 44.7 Å². The van der Waals surface area contributed by atoms with Gasteiger partial charge in [-0.25, -0.2) is 0 Å². The van der Waals surface area contributed by atoms with Gasteiger partial charge in [0.15, 0.2) is 0 Å². The van der Waals surface area contributed by atoms with E-state index >= 15 is 0 Å². The number of amides is 1. The third kappa shape index (κ3) is 2.61. The molecule has 4 heterocycles. The summed E-state index contributed by atoms with van der Waals surface area (Å²) in [6, 6.07) is 7.95. The van der Waals surface area contributed by atoms with Gasteiger partial charge in [-0.15, -0.1) is 0 Å². The predicted molar refractivity (Wildman–Crippen MR) is 87.8 cm³/mol. The van der Waals surface area contributed by atoms with Crippen LogP contribution in [-0.2, 0) is 11.3 Å². The standard InChI is InChI=1S/C18H20N4O/c23-17-18(14-22(17)16-2-1-7-20-12-16)5-10-21(11-6-18)13-15-3-8-19-9-4-15/h1-4,7-9,12H,5-6,10-11,13-14H2. The molecule has 2 aliphatic rings. The maximum Gasteiger partial charge on any atom is 0.235 e. The number of nitrogens with zero attached hydrogens (tertiary/aromatic N) is 4. The van der Waals surface area contributed by atoms with Crippen molar-refractivity contribution >= 4 is 11.6 Å². The summed E-state index contributed by atoms with van der Waals surface area (Å²) in [6.07, 6.45) is 9.08. The van der Waals surface area contributed by atoms with Crippen molar-refractivity contribution in [1.29, 1.82) is 0 Å². The highest BCUT2D eigenvalue weighted by Crippen LogP contribution is 2.43. The number of rotatable bonds is 3. The summed E-state index contributed by atoms with van der Waals surface area (Å²) < 4.78 is 0. The molecule has 5 nitrogen and oxygen atoms in total. The molecule has 5 heteroatoms. The topological polar surface area (TPSA) is 49.3 Å². The summed E-state index contributed by atoms with van der Waals surface area (Å²) in [5.74, 6) is 0.272. The minimum atomic E-state index is -0.134. The molecule has 0 bridgehead atoms. The molecule has 2 aromatic heterocycles. The molecule has 0 radical (unpaired) electrons. The van der Waals surface area contributed by atoms with E-state index in [1.807, 2.05) is 29.4 Å². The number of anilines is 1. The van der Waals surface area contributed by atoms with Crippen LogP contribution < -0.4 is 4.90 Å². The molecule has 0 N–H and O–H groups in total. The van der Waals surface area contributed by atoms with Crippen molar-refractivity contribution in [3.8, 4) is 0 Å². The first kappa shape index (κ1) is 14.3. The van der Waals surface area contributed by atoms with Crippen LogP contribution in [0.25, 0.3) is 0 Å². The Morgan fingerprint density at radius 2 is 1.83 bits per heavy atom. The predicted octanol–water partition coefficient (Wildman–Crippen LogP) is 2.11. The van der Waals surface area contributed by atoms with Crippen LogP contribution in [0, 0.1) is 5.41 Å². The lowest BCUT2D eigenvalue weighted by Gasteiger charge is -2.52. The Hall–Kier alpha value is -2.27. The van der Waals surface area contributed by atoms with Crippen molar-refractivity contribution in [3.05, 3.63) is 54.6 Å². The van der Waals surface area contributed by atoms with E-state index in [1.165, 1.54) is 5.56 Å². The summed E-state index contributed by atoms with van der Waals surface area (Å²) in [5.41, 5.74) is 2.07. The largest absolute Gasteiger partial charge is 0.309 e. The Kier molecular flexibility index (Phi) is 3.58. The molecule has 0 saturated carbocycles. The molecule has 118 valence electrons. The van der Waals surface area contributed by atoms with Crippen LogP contribution in [0.4, 0.5) is 5.69 Å². The van der Waals surface area contributed by atoms with E-state index < -0.39 is 0 Å². The molecule has 1 spiro atoms. The second-order valence-corrected chi connectivity index (χ2v) is 6.51. The van der Waals surface area contributed by atoms with Crippen molar-refractivity contribution in [3.63, 3.8) is 0 Å². The lowest BCUT2D eigenvalue weighted by molar-refractivity contribution is -0.138. The Morgan fingerprint density at radius 1 is 1.04 bits per heavy atom. The van der Waals surface area contributed by atoms with E-state index in [9.17, 15) is 4.79 Å². The van der Waals surface area contributed by atoms with Gasteiger partial charge in [0, 0.05) is 31.7 Å². The van der Waals surface area contributed by atoms with Gasteiger partial charge >= 0.3 is 0 Å². The SMILES string of the molecule is O=C1N(c2cccnc2)CC12CCN(Cc1ccncc1)CC2. The molecule has 4 rings (SSSR count). The van der Waals surface area contributed by atoms with Crippen LogP contribution in [-0.4, -0.2) is 40.4 Å². The number of likely N-dealkylation sites (tertiary alicyclic amines) is 1. The van der Waals surface area contributed by atoms with E-state index in [2.05, 4.69) is 27.0 Å². The molecule has 2 fully saturated rings. The zero-order chi connectivity index (χ0) is 15.7. The van der Waals surface area contributed by atoms with Gasteiger partial charge in [-0.3, -0.25) is 19.7 Å². The second-order valence-electron chi connectivity index (χ2n) is 6.51. The minimum absolute atomic E-state index is 0.134. The molecule has 0 aromatic carbocycles. The van der Waals surface area contributed by atoms with Gasteiger partial charge in [0.1, 0.15) is 0 Å². The van der Waals surface area contributed by atoms with Crippen LogP contribution in [0.2, 0.25) is 0 Å². The quantitative estimate of drug-likeness (QED) is 0.815. The summed E-state index contributed by atoms with van der Waals surface area (Å²) in [5, 5.41) is 0. The maximum absolute atomic E-state index is 12.7. The Balaban J connectivity index is 1.36. The number of hydrogen-bond acceptors (Lipinski definition) is 4. The number of β-lactam (4-membered cyclic amide) rings is 1. The Labute approximate surface area is 136 Å². The van der Waals surface area contributed by atoms with Gasteiger partial charge in [-0.1, -0.05) is 0 Å². The third-order valence-electron chi connectivity index (χ3n) is 5.09. The average molecular weight is 308 g/mol. The molecule has 0 atom stereocenters. The van der Waals surface area contributed by atoms with Crippen LogP contribution in [0.5, 0.6) is 0 Å². The van der Waals surface area contributed by atoms with Crippen LogP contribution in [0.15, 0.2) is 49.1 Å². The lowest BCUT2D eigenvalue weighted by Crippen LogP contribution is -2.65. The van der Waals surface area contributed by atoms with Gasteiger partial charge in [0.2, 0.25) is 5.91 Å². The highest BCUT2D eigenvalue weighted by Gasteiger charge is 2.53. The average Bonchev–Trinajstić information content (AvgIpc) is 2.62. The number of carbonyl (C=O) groups excluding carboxylic acids is 1. The van der Waals surface area contributed by atoms with Gasteiger partial charge in [0.05, 0.1) is 17.3 Å². The fourth-order valence-corrected chi connectivity index (χ4v) is 3.62. The van der Waals surface area contributed by atoms with Gasteiger partial charge in [-0.2, -0.15) is 0 Å². The van der Waals surface area contributed by atoms with Crippen LogP contribution >= 0.6 is 0 Å². The first-order valence-corrected chi connectivity index (χ1v) is 8.10. The number of pyridine rings is 2. The van der Waals surface area contributed by atoms with E-state index in [0.29, 0.717) is 0 Å². The summed E-state index contributed by atoms with van der Waals surface area (Å²) in [4.78, 5) is 25.1. The Morgan fingerprint density at radius 3 is 2.48 bits per heavy atom. The minimum Gasteiger partial charge on any atom is -0.309 e. The van der Waals surface area contributed by atoms with Crippen molar-refractivity contribution in [1.82, 2.24) is 14.9 Å². The van der Waals surface area contributed by atoms with Gasteiger partial charge in [-0.05, 0) is 55.8 Å². The molecule has 2 aliphatic heterocycles. The fraction of sp³-hybridized carbons (Fsp3) is 0.389. The van der Waals surface area contributed by atoms with E-state index in [1.54, 1.807) is 12.4 Å². The van der Waals surface area contributed by atoms with Crippen molar-refractivity contribution in [2.24, 2.45) is 5.41 Å². The normalized spacial score (nSPS) is 20.5. The smallest absolute Gasteiger partial charge is 0.235 e. The summed E-state index contributed by atoms with van der Waals surface area (Å²) in [7, 11) is 0. The molecular weight excluding hydrogens is 288 g/mol. The van der Waals surface area contributed by atoms with Crippen LogP contribution in [0.1, 0.15) is 18.4 Å². The summed E-state index contributed by atoms with van der Waals surface area (Å²) >= 11 is 0. The zero-order valence-corrected chi connectivity index (χ0v) is 13.1. The number of piperidine rings is 1. The number of hydrogen-bond donors (Lipinski definition) is 0. The molecule has 2 saturated heterocycles. The molecule has 1 amide bonds. The molecule has 23 heavy (non-hydrogen) atoms. The fourth-order valence-electron chi connectivity index (χ4n) is 3.62. The number of aromatic nitrogens is 2. The molecule has 0 aliphatic carbocycles. The highest BCUT2D eigenvalue weighted by atomic mass is 16.2. The van der Waals surface area contributed by atoms with E-state index in [-0.39, 0.29) is 11.3 Å². The second kappa shape index (κ2) is 5.74. The van der Waals surface area contributed by atoms with Gasteiger partial charge in [0.25, 0.3) is 0 Å². The zero-order valence-electron chi connectivity index (χ0n) is 13.1. The van der Waals surface area contributed by atoms with Crippen LogP contribution in [0.3, 0.4) is 0 Å². The first-order chi connectivity index (χ1) is 11.3. The number of carbonyl (C=O) groups is 1. The Bertz CT molecular complexity index is 681. The lowest BCUT2D eigenvalue weighted by atomic mass is 9.71. The highest BCUT2D eigenvalue weighted by molar-refractivity contribution is 6.04. The first-order valence-electron chi connectivity index (χ1n) is 8.10. The maximum atomic E-state index is 12.7. The molecular formula is C18H20N4O. The summed E-state index contributed by atoms with van der Waals surface area (Å²) in [6.45, 7) is 3.74.